The highest BCUT2D eigenvalue weighted by Gasteiger charge is 2.26. The van der Waals surface area contributed by atoms with Crippen LogP contribution in [0.5, 0.6) is 0 Å². The van der Waals surface area contributed by atoms with Crippen LogP contribution in [0.4, 0.5) is 5.69 Å². The summed E-state index contributed by atoms with van der Waals surface area (Å²) in [6, 6.07) is 11.4. The number of anilines is 1. The summed E-state index contributed by atoms with van der Waals surface area (Å²) >= 11 is 12.0. The number of hydrogen-bond donors (Lipinski definition) is 1. The van der Waals surface area contributed by atoms with E-state index in [-0.39, 0.29) is 20.5 Å². The Morgan fingerprint density at radius 2 is 1.71 bits per heavy atom. The van der Waals surface area contributed by atoms with Gasteiger partial charge < -0.3 is 5.11 Å². The number of rotatable bonds is 4. The van der Waals surface area contributed by atoms with Crippen molar-refractivity contribution in [1.29, 1.82) is 0 Å². The summed E-state index contributed by atoms with van der Waals surface area (Å²) in [6.45, 7) is -0.434. The van der Waals surface area contributed by atoms with E-state index in [0.717, 1.165) is 4.31 Å². The minimum atomic E-state index is -3.84. The van der Waals surface area contributed by atoms with E-state index in [1.54, 1.807) is 30.3 Å². The van der Waals surface area contributed by atoms with Gasteiger partial charge in [0.2, 0.25) is 0 Å². The first-order chi connectivity index (χ1) is 9.89. The highest BCUT2D eigenvalue weighted by Crippen LogP contribution is 2.33. The van der Waals surface area contributed by atoms with E-state index < -0.39 is 16.6 Å². The predicted octanol–water partition coefficient (Wildman–Crippen LogP) is 3.31. The minimum absolute atomic E-state index is 0.0622. The molecule has 0 spiro atoms. The first kappa shape index (κ1) is 16.1. The molecule has 4 nitrogen and oxygen atoms in total. The topological polar surface area (TPSA) is 57.6 Å². The van der Waals surface area contributed by atoms with Crippen LogP contribution in [0.1, 0.15) is 5.56 Å². The lowest BCUT2D eigenvalue weighted by atomic mass is 10.2. The number of hydrogen-bond acceptors (Lipinski definition) is 3. The Kier molecular flexibility index (Phi) is 4.78. The Labute approximate surface area is 133 Å². The molecule has 7 heteroatoms. The summed E-state index contributed by atoms with van der Waals surface area (Å²) < 4.78 is 26.4. The molecule has 0 aliphatic heterocycles. The molecule has 21 heavy (non-hydrogen) atoms. The van der Waals surface area contributed by atoms with Crippen molar-refractivity contribution in [3.05, 3.63) is 58.1 Å². The molecule has 112 valence electrons. The van der Waals surface area contributed by atoms with Crippen molar-refractivity contribution >= 4 is 38.9 Å². The molecule has 2 rings (SSSR count). The van der Waals surface area contributed by atoms with Gasteiger partial charge in [0.15, 0.2) is 0 Å². The van der Waals surface area contributed by atoms with E-state index in [1.807, 2.05) is 0 Å². The van der Waals surface area contributed by atoms with E-state index in [2.05, 4.69) is 0 Å². The normalized spacial score (nSPS) is 11.4. The molecule has 0 saturated heterocycles. The summed E-state index contributed by atoms with van der Waals surface area (Å²) in [5.74, 6) is 0. The van der Waals surface area contributed by atoms with Gasteiger partial charge in [0.1, 0.15) is 4.90 Å². The van der Waals surface area contributed by atoms with Crippen LogP contribution in [-0.4, -0.2) is 20.6 Å². The van der Waals surface area contributed by atoms with Crippen molar-refractivity contribution in [2.45, 2.75) is 11.5 Å². The van der Waals surface area contributed by atoms with Gasteiger partial charge in [-0.2, -0.15) is 0 Å². The fourth-order valence-corrected chi connectivity index (χ4v) is 3.91. The zero-order valence-corrected chi connectivity index (χ0v) is 13.5. The third-order valence-corrected chi connectivity index (χ3v) is 5.79. The Morgan fingerprint density at radius 3 is 2.29 bits per heavy atom. The quantitative estimate of drug-likeness (QED) is 0.924. The Morgan fingerprint density at radius 1 is 1.10 bits per heavy atom. The fourth-order valence-electron chi connectivity index (χ4n) is 1.84. The van der Waals surface area contributed by atoms with Crippen molar-refractivity contribution in [3.63, 3.8) is 0 Å². The average molecular weight is 346 g/mol. The van der Waals surface area contributed by atoms with Gasteiger partial charge >= 0.3 is 0 Å². The van der Waals surface area contributed by atoms with Crippen LogP contribution in [0.2, 0.25) is 10.0 Å². The molecule has 0 aliphatic carbocycles. The number of aliphatic hydroxyl groups is 1. The van der Waals surface area contributed by atoms with E-state index >= 15 is 0 Å². The molecule has 2 aromatic rings. The van der Waals surface area contributed by atoms with E-state index in [9.17, 15) is 13.5 Å². The maximum absolute atomic E-state index is 12.6. The molecule has 0 radical (unpaired) electrons. The molecule has 0 aliphatic rings. The smallest absolute Gasteiger partial charge is 0.265 e. The van der Waals surface area contributed by atoms with Gasteiger partial charge in [-0.3, -0.25) is 4.31 Å². The Balaban J connectivity index is 2.55. The molecular weight excluding hydrogens is 333 g/mol. The molecule has 2 aromatic carbocycles. The zero-order chi connectivity index (χ0) is 15.6. The molecule has 0 amide bonds. The largest absolute Gasteiger partial charge is 0.392 e. The van der Waals surface area contributed by atoms with Crippen LogP contribution in [0.3, 0.4) is 0 Å². The average Bonchev–Trinajstić information content (AvgIpc) is 2.47. The number of aliphatic hydroxyl groups excluding tert-OH is 1. The summed E-state index contributed by atoms with van der Waals surface area (Å²) in [5.41, 5.74) is 0.704. The molecule has 0 aromatic heterocycles. The summed E-state index contributed by atoms with van der Waals surface area (Å²) in [5, 5.41) is 9.43. The number of nitrogens with zero attached hydrogens (tertiary/aromatic N) is 1. The molecule has 0 bridgehead atoms. The van der Waals surface area contributed by atoms with E-state index in [0.29, 0.717) is 5.69 Å². The third-order valence-electron chi connectivity index (χ3n) is 3.07. The summed E-state index contributed by atoms with van der Waals surface area (Å²) in [4.78, 5) is -0.0935. The van der Waals surface area contributed by atoms with Gasteiger partial charge in [-0.05, 0) is 24.3 Å². The van der Waals surface area contributed by atoms with Gasteiger partial charge in [0, 0.05) is 17.6 Å². The maximum Gasteiger partial charge on any atom is 0.265 e. The third kappa shape index (κ3) is 3.01. The van der Waals surface area contributed by atoms with Gasteiger partial charge in [0.25, 0.3) is 10.0 Å². The second-order valence-corrected chi connectivity index (χ2v) is 7.03. The first-order valence-corrected chi connectivity index (χ1v) is 8.21. The zero-order valence-electron chi connectivity index (χ0n) is 11.1. The molecule has 0 heterocycles. The van der Waals surface area contributed by atoms with Crippen LogP contribution < -0.4 is 4.31 Å². The van der Waals surface area contributed by atoms with Crippen molar-refractivity contribution in [3.8, 4) is 0 Å². The van der Waals surface area contributed by atoms with Crippen LogP contribution in [-0.2, 0) is 16.6 Å². The summed E-state index contributed by atoms with van der Waals surface area (Å²) in [7, 11) is -2.40. The first-order valence-electron chi connectivity index (χ1n) is 6.01. The maximum atomic E-state index is 12.6. The lowest BCUT2D eigenvalue weighted by molar-refractivity contribution is 0.281. The van der Waals surface area contributed by atoms with Crippen LogP contribution in [0, 0.1) is 0 Å². The van der Waals surface area contributed by atoms with Crippen LogP contribution in [0.25, 0.3) is 0 Å². The predicted molar refractivity (Wildman–Crippen MR) is 84.4 cm³/mol. The van der Waals surface area contributed by atoms with E-state index in [1.165, 1.54) is 19.2 Å². The van der Waals surface area contributed by atoms with Gasteiger partial charge in [0.05, 0.1) is 17.3 Å². The molecule has 0 unspecified atom stereocenters. The van der Waals surface area contributed by atoms with Crippen molar-refractivity contribution in [1.82, 2.24) is 0 Å². The number of sulfonamides is 1. The van der Waals surface area contributed by atoms with Crippen molar-refractivity contribution in [2.24, 2.45) is 0 Å². The number of benzene rings is 2. The second kappa shape index (κ2) is 6.23. The van der Waals surface area contributed by atoms with Crippen LogP contribution >= 0.6 is 23.2 Å². The molecule has 0 atom stereocenters. The number of halogens is 2. The van der Waals surface area contributed by atoms with Crippen molar-refractivity contribution < 1.29 is 13.5 Å². The summed E-state index contributed by atoms with van der Waals surface area (Å²) in [6.07, 6.45) is 0. The standard InChI is InChI=1S/C14H13Cl2NO3S/c1-17(10-5-3-2-4-6-10)21(19,20)13-8-7-12(15)11(9-18)14(13)16/h2-8,18H,9H2,1H3. The fraction of sp³-hybridized carbons (Fsp3) is 0.143. The lowest BCUT2D eigenvalue weighted by Gasteiger charge is -2.21. The molecule has 0 fully saturated rings. The van der Waals surface area contributed by atoms with Crippen LogP contribution in [0.15, 0.2) is 47.4 Å². The van der Waals surface area contributed by atoms with Crippen molar-refractivity contribution in [2.75, 3.05) is 11.4 Å². The second-order valence-electron chi connectivity index (χ2n) is 4.30. The van der Waals surface area contributed by atoms with Gasteiger partial charge in [-0.25, -0.2) is 8.42 Å². The Hall–Kier alpha value is -1.27. The number of para-hydroxylation sites is 1. The highest BCUT2D eigenvalue weighted by atomic mass is 35.5. The molecule has 1 N–H and O–H groups in total. The van der Waals surface area contributed by atoms with Gasteiger partial charge in [-0.1, -0.05) is 41.4 Å². The van der Waals surface area contributed by atoms with E-state index in [4.69, 9.17) is 23.2 Å². The minimum Gasteiger partial charge on any atom is -0.392 e. The van der Waals surface area contributed by atoms with Gasteiger partial charge in [-0.15, -0.1) is 0 Å². The lowest BCUT2D eigenvalue weighted by Crippen LogP contribution is -2.27. The SMILES string of the molecule is CN(c1ccccc1)S(=O)(=O)c1ccc(Cl)c(CO)c1Cl. The monoisotopic (exact) mass is 345 g/mol. The molecular formula is C14H13Cl2NO3S. The molecule has 0 saturated carbocycles. The Bertz CT molecular complexity index is 748. The highest BCUT2D eigenvalue weighted by molar-refractivity contribution is 7.93.